The molecule has 0 radical (unpaired) electrons. The summed E-state index contributed by atoms with van der Waals surface area (Å²) in [5.41, 5.74) is 5.30. The van der Waals surface area contributed by atoms with Crippen LogP contribution in [-0.2, 0) is 14.8 Å². The van der Waals surface area contributed by atoms with Crippen molar-refractivity contribution in [2.24, 2.45) is 5.73 Å². The van der Waals surface area contributed by atoms with E-state index in [1.165, 1.54) is 0 Å². The molecular weight excluding hydrogens is 216 g/mol. The molecule has 0 saturated heterocycles. The summed E-state index contributed by atoms with van der Waals surface area (Å²) < 4.78 is 24.8. The fourth-order valence-corrected chi connectivity index (χ4v) is 2.62. The maximum absolute atomic E-state index is 11.3. The Morgan fingerprint density at radius 2 is 1.93 bits per heavy atom. The van der Waals surface area contributed by atoms with Gasteiger partial charge in [0.2, 0.25) is 15.9 Å². The van der Waals surface area contributed by atoms with Crippen LogP contribution >= 0.6 is 0 Å². The maximum Gasteiger partial charge on any atom is 0.237 e. The maximum atomic E-state index is 11.3. The van der Waals surface area contributed by atoms with Gasteiger partial charge in [0.05, 0.1) is 5.25 Å². The molecule has 0 atom stereocenters. The van der Waals surface area contributed by atoms with E-state index in [-0.39, 0.29) is 17.6 Å². The quantitative estimate of drug-likeness (QED) is 0.612. The summed E-state index contributed by atoms with van der Waals surface area (Å²) >= 11 is 0. The highest BCUT2D eigenvalue weighted by Crippen LogP contribution is 2.27. The van der Waals surface area contributed by atoms with Crippen molar-refractivity contribution >= 4 is 15.9 Å². The number of nitrogens with one attached hydrogen (secondary N) is 1. The van der Waals surface area contributed by atoms with Crippen molar-refractivity contribution in [3.8, 4) is 0 Å². The van der Waals surface area contributed by atoms with Crippen molar-refractivity contribution in [2.45, 2.75) is 43.8 Å². The van der Waals surface area contributed by atoms with Crippen molar-refractivity contribution < 1.29 is 13.2 Å². The van der Waals surface area contributed by atoms with Crippen LogP contribution in [0, 0.1) is 0 Å². The molecule has 0 heterocycles. The predicted molar refractivity (Wildman–Crippen MR) is 57.6 cm³/mol. The molecule has 0 unspecified atom stereocenters. The third kappa shape index (κ3) is 4.61. The number of nitrogens with two attached hydrogens (primary N) is 1. The first-order valence-corrected chi connectivity index (χ1v) is 6.85. The van der Waals surface area contributed by atoms with Gasteiger partial charge in [-0.25, -0.2) is 8.42 Å². The van der Waals surface area contributed by atoms with Gasteiger partial charge in [0.1, 0.15) is 0 Å². The van der Waals surface area contributed by atoms with E-state index in [1.807, 2.05) is 0 Å². The lowest BCUT2D eigenvalue weighted by atomic mass is 10.2. The molecule has 1 rings (SSSR count). The van der Waals surface area contributed by atoms with E-state index in [0.717, 1.165) is 12.8 Å². The van der Waals surface area contributed by atoms with Crippen LogP contribution < -0.4 is 10.5 Å². The van der Waals surface area contributed by atoms with Crippen LogP contribution in [0.15, 0.2) is 0 Å². The molecule has 0 bridgehead atoms. The SMILES string of the molecule is NCCCCCC(=O)NS(=O)(=O)C1CC1. The van der Waals surface area contributed by atoms with Crippen LogP contribution in [0.2, 0.25) is 0 Å². The summed E-state index contributed by atoms with van der Waals surface area (Å²) in [4.78, 5) is 11.2. The van der Waals surface area contributed by atoms with Gasteiger partial charge in [-0.05, 0) is 32.2 Å². The molecular formula is C9H18N2O3S. The summed E-state index contributed by atoms with van der Waals surface area (Å²) in [5, 5.41) is -0.328. The zero-order valence-corrected chi connectivity index (χ0v) is 9.55. The molecule has 1 amide bonds. The molecule has 0 spiro atoms. The van der Waals surface area contributed by atoms with Crippen molar-refractivity contribution in [3.63, 3.8) is 0 Å². The van der Waals surface area contributed by atoms with Crippen LogP contribution in [0.5, 0.6) is 0 Å². The second-order valence-corrected chi connectivity index (χ2v) is 5.83. The number of rotatable bonds is 7. The highest BCUT2D eigenvalue weighted by molar-refractivity contribution is 7.90. The topological polar surface area (TPSA) is 89.3 Å². The lowest BCUT2D eigenvalue weighted by molar-refractivity contribution is -0.119. The standard InChI is InChI=1S/C9H18N2O3S/c10-7-3-1-2-4-9(12)11-15(13,14)8-5-6-8/h8H,1-7,10H2,(H,11,12). The number of hydrogen-bond acceptors (Lipinski definition) is 4. The Bertz CT molecular complexity index is 309. The Morgan fingerprint density at radius 3 is 2.47 bits per heavy atom. The fourth-order valence-electron chi connectivity index (χ4n) is 1.28. The molecule has 1 fully saturated rings. The van der Waals surface area contributed by atoms with Crippen molar-refractivity contribution in [2.75, 3.05) is 6.54 Å². The number of unbranched alkanes of at least 4 members (excludes halogenated alkanes) is 2. The summed E-state index contributed by atoms with van der Waals surface area (Å²) in [6, 6.07) is 0. The minimum absolute atomic E-state index is 0.270. The predicted octanol–water partition coefficient (Wildman–Crippen LogP) is 0.114. The average molecular weight is 234 g/mol. The molecule has 6 heteroatoms. The first-order valence-electron chi connectivity index (χ1n) is 5.31. The Balaban J connectivity index is 2.18. The van der Waals surface area contributed by atoms with Gasteiger partial charge < -0.3 is 5.73 Å². The number of amides is 1. The molecule has 0 aromatic rings. The monoisotopic (exact) mass is 234 g/mol. The molecule has 1 aliphatic rings. The van der Waals surface area contributed by atoms with Crippen molar-refractivity contribution in [1.82, 2.24) is 4.72 Å². The van der Waals surface area contributed by atoms with Gasteiger partial charge in [-0.1, -0.05) is 6.42 Å². The first-order chi connectivity index (χ1) is 7.06. The second kappa shape index (κ2) is 5.46. The van der Waals surface area contributed by atoms with Crippen LogP contribution in [0.25, 0.3) is 0 Å². The van der Waals surface area contributed by atoms with Crippen LogP contribution in [0.1, 0.15) is 38.5 Å². The molecule has 0 aromatic carbocycles. The second-order valence-electron chi connectivity index (χ2n) is 3.87. The van der Waals surface area contributed by atoms with E-state index >= 15 is 0 Å². The Kier molecular flexibility index (Phi) is 4.53. The number of carbonyl (C=O) groups excluding carboxylic acids is 1. The molecule has 1 saturated carbocycles. The third-order valence-electron chi connectivity index (χ3n) is 2.33. The van der Waals surface area contributed by atoms with E-state index in [2.05, 4.69) is 4.72 Å². The zero-order chi connectivity index (χ0) is 11.3. The summed E-state index contributed by atoms with van der Waals surface area (Å²) in [6.07, 6.45) is 4.07. The third-order valence-corrected chi connectivity index (χ3v) is 4.19. The van der Waals surface area contributed by atoms with Gasteiger partial charge in [-0.15, -0.1) is 0 Å². The smallest absolute Gasteiger partial charge is 0.237 e. The molecule has 0 aliphatic heterocycles. The fraction of sp³-hybridized carbons (Fsp3) is 0.889. The van der Waals surface area contributed by atoms with Crippen molar-refractivity contribution in [3.05, 3.63) is 0 Å². The van der Waals surface area contributed by atoms with E-state index in [1.54, 1.807) is 0 Å². The summed E-state index contributed by atoms with van der Waals surface area (Å²) in [5.74, 6) is -0.390. The highest BCUT2D eigenvalue weighted by Gasteiger charge is 2.36. The minimum Gasteiger partial charge on any atom is -0.330 e. The average Bonchev–Trinajstić information content (AvgIpc) is 2.94. The summed E-state index contributed by atoms with van der Waals surface area (Å²) in [6.45, 7) is 0.613. The Hall–Kier alpha value is -0.620. The Morgan fingerprint density at radius 1 is 1.27 bits per heavy atom. The van der Waals surface area contributed by atoms with Gasteiger partial charge in [-0.2, -0.15) is 0 Å². The molecule has 5 nitrogen and oxygen atoms in total. The number of carbonyl (C=O) groups is 1. The van der Waals surface area contributed by atoms with Gasteiger partial charge in [0.15, 0.2) is 0 Å². The van der Waals surface area contributed by atoms with Crippen LogP contribution in [0.3, 0.4) is 0 Å². The van der Waals surface area contributed by atoms with Gasteiger partial charge >= 0.3 is 0 Å². The van der Waals surface area contributed by atoms with Crippen molar-refractivity contribution in [1.29, 1.82) is 0 Å². The molecule has 15 heavy (non-hydrogen) atoms. The Labute approximate surface area is 90.5 Å². The zero-order valence-electron chi connectivity index (χ0n) is 8.74. The lowest BCUT2D eigenvalue weighted by Crippen LogP contribution is -2.32. The molecule has 88 valence electrons. The van der Waals surface area contributed by atoms with E-state index in [0.29, 0.717) is 25.8 Å². The lowest BCUT2D eigenvalue weighted by Gasteiger charge is -2.04. The summed E-state index contributed by atoms with van der Waals surface area (Å²) in [7, 11) is -3.35. The number of hydrogen-bond donors (Lipinski definition) is 2. The minimum atomic E-state index is -3.35. The van der Waals surface area contributed by atoms with Crippen LogP contribution in [-0.4, -0.2) is 26.1 Å². The van der Waals surface area contributed by atoms with E-state index in [4.69, 9.17) is 5.73 Å². The first kappa shape index (κ1) is 12.4. The normalized spacial score (nSPS) is 16.3. The van der Waals surface area contributed by atoms with Gasteiger partial charge in [0.25, 0.3) is 0 Å². The largest absolute Gasteiger partial charge is 0.330 e. The van der Waals surface area contributed by atoms with Gasteiger partial charge in [0, 0.05) is 6.42 Å². The van der Waals surface area contributed by atoms with Crippen LogP contribution in [0.4, 0.5) is 0 Å². The van der Waals surface area contributed by atoms with E-state index in [9.17, 15) is 13.2 Å². The van der Waals surface area contributed by atoms with Gasteiger partial charge in [-0.3, -0.25) is 9.52 Å². The highest BCUT2D eigenvalue weighted by atomic mass is 32.2. The molecule has 1 aliphatic carbocycles. The molecule has 3 N–H and O–H groups in total. The molecule has 0 aromatic heterocycles. The number of sulfonamides is 1. The van der Waals surface area contributed by atoms with E-state index < -0.39 is 10.0 Å².